The number of methoxy groups -OCH3 is 1. The molecule has 0 aliphatic heterocycles. The number of ether oxygens (including phenoxy) is 2. The quantitative estimate of drug-likeness (QED) is 0.376. The Morgan fingerprint density at radius 1 is 1.31 bits per heavy atom. The summed E-state index contributed by atoms with van der Waals surface area (Å²) < 4.78 is 17.1. The van der Waals surface area contributed by atoms with Crippen LogP contribution in [0.3, 0.4) is 0 Å². The Labute approximate surface area is 170 Å². The van der Waals surface area contributed by atoms with Gasteiger partial charge in [0.1, 0.15) is 24.0 Å². The van der Waals surface area contributed by atoms with Gasteiger partial charge in [-0.15, -0.1) is 0 Å². The number of carbonyl (C=O) groups is 2. The number of nitriles is 1. The second-order valence-electron chi connectivity index (χ2n) is 7.16. The molecule has 0 saturated heterocycles. The van der Waals surface area contributed by atoms with Gasteiger partial charge in [0.15, 0.2) is 0 Å². The van der Waals surface area contributed by atoms with Crippen molar-refractivity contribution in [1.82, 2.24) is 4.57 Å². The minimum absolute atomic E-state index is 0.0171. The summed E-state index contributed by atoms with van der Waals surface area (Å²) in [5.74, 6) is -0.490. The predicted molar refractivity (Wildman–Crippen MR) is 107 cm³/mol. The van der Waals surface area contributed by atoms with E-state index >= 15 is 0 Å². The summed E-state index contributed by atoms with van der Waals surface area (Å²) in [5, 5.41) is 9.40. The van der Waals surface area contributed by atoms with Crippen LogP contribution in [0.2, 0.25) is 0 Å². The lowest BCUT2D eigenvalue weighted by Crippen LogP contribution is -2.07. The van der Waals surface area contributed by atoms with Crippen LogP contribution in [0.1, 0.15) is 53.5 Å². The summed E-state index contributed by atoms with van der Waals surface area (Å²) in [4.78, 5) is 23.7. The largest absolute Gasteiger partial charge is 0.463 e. The van der Waals surface area contributed by atoms with Crippen molar-refractivity contribution in [3.05, 3.63) is 52.2 Å². The van der Waals surface area contributed by atoms with Gasteiger partial charge in [0.25, 0.3) is 0 Å². The average molecular weight is 398 g/mol. The van der Waals surface area contributed by atoms with Crippen LogP contribution in [0.25, 0.3) is 6.08 Å². The fourth-order valence-electron chi connectivity index (χ4n) is 2.88. The van der Waals surface area contributed by atoms with Crippen molar-refractivity contribution in [2.45, 2.75) is 47.3 Å². The molecule has 0 fully saturated rings. The molecule has 0 aliphatic carbocycles. The standard InChI is InChI=1S/C22H26N2O5/c1-14(2)8-9-24-15(3)10-17(16(24)4)11-18(12-23)21(25)28-13-19-6-7-20(29-19)22(26)27-5/h6-7,10-11,14H,8-9,13H2,1-5H3/b18-11+. The predicted octanol–water partition coefficient (Wildman–Crippen LogP) is 4.18. The molecule has 2 aromatic heterocycles. The van der Waals surface area contributed by atoms with E-state index in [0.29, 0.717) is 5.92 Å². The maximum Gasteiger partial charge on any atom is 0.373 e. The Morgan fingerprint density at radius 2 is 2.03 bits per heavy atom. The molecule has 7 heteroatoms. The number of esters is 2. The zero-order valence-corrected chi connectivity index (χ0v) is 17.4. The normalized spacial score (nSPS) is 11.4. The van der Waals surface area contributed by atoms with Crippen LogP contribution in [-0.2, 0) is 27.4 Å². The fraction of sp³-hybridized carbons (Fsp3) is 0.409. The molecule has 0 spiro atoms. The van der Waals surface area contributed by atoms with Gasteiger partial charge in [-0.3, -0.25) is 0 Å². The summed E-state index contributed by atoms with van der Waals surface area (Å²) in [6, 6.07) is 6.80. The minimum atomic E-state index is -0.754. The van der Waals surface area contributed by atoms with E-state index < -0.39 is 11.9 Å². The Balaban J connectivity index is 2.10. The van der Waals surface area contributed by atoms with E-state index in [0.717, 1.165) is 29.9 Å². The van der Waals surface area contributed by atoms with Gasteiger partial charge in [0.05, 0.1) is 7.11 Å². The van der Waals surface area contributed by atoms with Crippen molar-refractivity contribution >= 4 is 18.0 Å². The Morgan fingerprint density at radius 3 is 2.66 bits per heavy atom. The molecule has 154 valence electrons. The molecule has 0 saturated carbocycles. The summed E-state index contributed by atoms with van der Waals surface area (Å²) in [7, 11) is 1.24. The number of rotatable bonds is 8. The highest BCUT2D eigenvalue weighted by Crippen LogP contribution is 2.20. The van der Waals surface area contributed by atoms with Crippen LogP contribution in [0.15, 0.2) is 28.2 Å². The van der Waals surface area contributed by atoms with Crippen molar-refractivity contribution < 1.29 is 23.5 Å². The summed E-state index contributed by atoms with van der Waals surface area (Å²) >= 11 is 0. The lowest BCUT2D eigenvalue weighted by atomic mass is 10.1. The minimum Gasteiger partial charge on any atom is -0.463 e. The lowest BCUT2D eigenvalue weighted by molar-refractivity contribution is -0.140. The molecule has 0 aromatic carbocycles. The molecule has 0 unspecified atom stereocenters. The summed E-state index contributed by atoms with van der Waals surface area (Å²) in [6.07, 6.45) is 2.59. The smallest absolute Gasteiger partial charge is 0.373 e. The number of hydrogen-bond acceptors (Lipinski definition) is 6. The Bertz CT molecular complexity index is 956. The van der Waals surface area contributed by atoms with Crippen LogP contribution >= 0.6 is 0 Å². The maximum absolute atomic E-state index is 12.3. The molecular formula is C22H26N2O5. The molecule has 7 nitrogen and oxygen atoms in total. The molecule has 0 aliphatic rings. The van der Waals surface area contributed by atoms with Crippen LogP contribution in [0.5, 0.6) is 0 Å². The van der Waals surface area contributed by atoms with Crippen LogP contribution < -0.4 is 0 Å². The van der Waals surface area contributed by atoms with Crippen LogP contribution in [0.4, 0.5) is 0 Å². The maximum atomic E-state index is 12.3. The number of nitrogens with zero attached hydrogens (tertiary/aromatic N) is 2. The van der Waals surface area contributed by atoms with Crippen LogP contribution in [-0.4, -0.2) is 23.6 Å². The number of aryl methyl sites for hydroxylation is 1. The van der Waals surface area contributed by atoms with Crippen molar-refractivity contribution in [3.8, 4) is 6.07 Å². The van der Waals surface area contributed by atoms with Gasteiger partial charge in [0, 0.05) is 17.9 Å². The van der Waals surface area contributed by atoms with Gasteiger partial charge in [-0.2, -0.15) is 5.26 Å². The van der Waals surface area contributed by atoms with Gasteiger partial charge in [-0.25, -0.2) is 9.59 Å². The van der Waals surface area contributed by atoms with E-state index in [1.165, 1.54) is 19.2 Å². The average Bonchev–Trinajstić information content (AvgIpc) is 3.26. The lowest BCUT2D eigenvalue weighted by Gasteiger charge is -2.11. The number of carbonyl (C=O) groups excluding carboxylic acids is 2. The van der Waals surface area contributed by atoms with Crippen molar-refractivity contribution in [2.75, 3.05) is 7.11 Å². The first-order chi connectivity index (χ1) is 13.8. The number of aromatic nitrogens is 1. The molecule has 0 bridgehead atoms. The van der Waals surface area contributed by atoms with E-state index in [1.54, 1.807) is 6.08 Å². The zero-order valence-electron chi connectivity index (χ0n) is 17.4. The number of hydrogen-bond donors (Lipinski definition) is 0. The third-order valence-corrected chi connectivity index (χ3v) is 4.58. The third-order valence-electron chi connectivity index (χ3n) is 4.58. The highest BCUT2D eigenvalue weighted by Gasteiger charge is 2.16. The van der Waals surface area contributed by atoms with E-state index in [-0.39, 0.29) is 23.7 Å². The first-order valence-corrected chi connectivity index (χ1v) is 9.39. The second kappa shape index (κ2) is 9.78. The SMILES string of the molecule is COC(=O)c1ccc(COC(=O)/C(C#N)=C/c2cc(C)n(CCC(C)C)c2C)o1. The van der Waals surface area contributed by atoms with Gasteiger partial charge in [0.2, 0.25) is 5.76 Å². The third kappa shape index (κ3) is 5.61. The van der Waals surface area contributed by atoms with Gasteiger partial charge >= 0.3 is 11.9 Å². The van der Waals surface area contributed by atoms with Crippen molar-refractivity contribution in [2.24, 2.45) is 5.92 Å². The zero-order chi connectivity index (χ0) is 21.6. The molecule has 2 heterocycles. The van der Waals surface area contributed by atoms with E-state index in [9.17, 15) is 14.9 Å². The highest BCUT2D eigenvalue weighted by molar-refractivity contribution is 5.98. The van der Waals surface area contributed by atoms with Gasteiger partial charge in [-0.1, -0.05) is 13.8 Å². The Kier molecular flexibility index (Phi) is 7.43. The molecule has 0 amide bonds. The van der Waals surface area contributed by atoms with Gasteiger partial charge < -0.3 is 18.5 Å². The molecule has 29 heavy (non-hydrogen) atoms. The Hall–Kier alpha value is -3.27. The van der Waals surface area contributed by atoms with Crippen molar-refractivity contribution in [1.29, 1.82) is 5.26 Å². The first-order valence-electron chi connectivity index (χ1n) is 9.39. The van der Waals surface area contributed by atoms with E-state index in [4.69, 9.17) is 9.15 Å². The monoisotopic (exact) mass is 398 g/mol. The molecule has 2 aromatic rings. The van der Waals surface area contributed by atoms with Crippen molar-refractivity contribution in [3.63, 3.8) is 0 Å². The van der Waals surface area contributed by atoms with Gasteiger partial charge in [-0.05, 0) is 56.0 Å². The highest BCUT2D eigenvalue weighted by atomic mass is 16.5. The fourth-order valence-corrected chi connectivity index (χ4v) is 2.88. The topological polar surface area (TPSA) is 94.5 Å². The molecule has 0 radical (unpaired) electrons. The molecular weight excluding hydrogens is 372 g/mol. The molecule has 0 N–H and O–H groups in total. The second-order valence-corrected chi connectivity index (χ2v) is 7.16. The first kappa shape index (κ1) is 22.0. The number of furan rings is 1. The van der Waals surface area contributed by atoms with E-state index in [1.807, 2.05) is 26.0 Å². The summed E-state index contributed by atoms with van der Waals surface area (Å²) in [6.45, 7) is 9.01. The molecule has 0 atom stereocenters. The molecule has 2 rings (SSSR count). The van der Waals surface area contributed by atoms with E-state index in [2.05, 4.69) is 23.2 Å². The summed E-state index contributed by atoms with van der Waals surface area (Å²) in [5.41, 5.74) is 2.78. The van der Waals surface area contributed by atoms with Crippen LogP contribution in [0, 0.1) is 31.1 Å².